The highest BCUT2D eigenvalue weighted by Crippen LogP contribution is 2.45. The van der Waals surface area contributed by atoms with Gasteiger partial charge in [-0.1, -0.05) is 37.8 Å². The Labute approximate surface area is 111 Å². The Morgan fingerprint density at radius 2 is 1.79 bits per heavy atom. The van der Waals surface area contributed by atoms with Crippen LogP contribution in [-0.2, 0) is 0 Å². The molecule has 0 bridgehead atoms. The lowest BCUT2D eigenvalue weighted by molar-refractivity contribution is 0.0481. The molecule has 19 heavy (non-hydrogen) atoms. The van der Waals surface area contributed by atoms with E-state index < -0.39 is 23.2 Å². The summed E-state index contributed by atoms with van der Waals surface area (Å²) in [6.07, 6.45) is 3.49. The smallest absolute Gasteiger partial charge is 0.164 e. The Bertz CT molecular complexity index is 487. The lowest BCUT2D eigenvalue weighted by Gasteiger charge is -2.31. The fourth-order valence-corrected chi connectivity index (χ4v) is 2.84. The van der Waals surface area contributed by atoms with E-state index in [4.69, 9.17) is 0 Å². The molecule has 102 valence electrons. The van der Waals surface area contributed by atoms with Crippen LogP contribution in [0.4, 0.5) is 8.78 Å². The Balaban J connectivity index is 2.37. The maximum Gasteiger partial charge on any atom is 0.164 e. The van der Waals surface area contributed by atoms with Crippen molar-refractivity contribution in [2.24, 2.45) is 5.41 Å². The maximum atomic E-state index is 13.8. The van der Waals surface area contributed by atoms with Crippen molar-refractivity contribution in [2.45, 2.75) is 44.6 Å². The first-order valence-electron chi connectivity index (χ1n) is 6.64. The zero-order valence-electron chi connectivity index (χ0n) is 10.7. The first-order chi connectivity index (χ1) is 9.10. The number of aliphatic hydroxyl groups is 1. The van der Waals surface area contributed by atoms with Gasteiger partial charge in [0.05, 0.1) is 11.5 Å². The molecule has 1 fully saturated rings. The van der Waals surface area contributed by atoms with Crippen LogP contribution in [0.3, 0.4) is 0 Å². The number of nitriles is 1. The largest absolute Gasteiger partial charge is 0.387 e. The summed E-state index contributed by atoms with van der Waals surface area (Å²) in [6.45, 7) is 0. The summed E-state index contributed by atoms with van der Waals surface area (Å²) in [4.78, 5) is 0. The van der Waals surface area contributed by atoms with Gasteiger partial charge >= 0.3 is 0 Å². The molecule has 1 saturated carbocycles. The summed E-state index contributed by atoms with van der Waals surface area (Å²) in [5, 5.41) is 19.8. The Kier molecular flexibility index (Phi) is 4.16. The van der Waals surface area contributed by atoms with E-state index in [1.807, 2.05) is 0 Å². The fourth-order valence-electron chi connectivity index (χ4n) is 2.84. The van der Waals surface area contributed by atoms with Crippen molar-refractivity contribution in [3.63, 3.8) is 0 Å². The van der Waals surface area contributed by atoms with Crippen molar-refractivity contribution >= 4 is 0 Å². The fraction of sp³-hybridized carbons (Fsp3) is 0.533. The number of rotatable bonds is 2. The first kappa shape index (κ1) is 14.0. The Morgan fingerprint density at radius 3 is 2.37 bits per heavy atom. The van der Waals surface area contributed by atoms with E-state index in [9.17, 15) is 19.1 Å². The minimum atomic E-state index is -1.27. The summed E-state index contributed by atoms with van der Waals surface area (Å²) >= 11 is 0. The van der Waals surface area contributed by atoms with Crippen LogP contribution in [0.5, 0.6) is 0 Å². The average molecular weight is 265 g/mol. The van der Waals surface area contributed by atoms with Crippen molar-refractivity contribution in [3.05, 3.63) is 35.4 Å². The third-order valence-electron chi connectivity index (χ3n) is 4.02. The summed E-state index contributed by atoms with van der Waals surface area (Å²) in [5.74, 6) is -2.04. The molecule has 1 aliphatic carbocycles. The molecule has 2 nitrogen and oxygen atoms in total. The standard InChI is InChI=1S/C15H17F2NO/c16-12-7-5-6-11(13(12)17)14(19)15(10-18)8-3-1-2-4-9-15/h5-7,14,19H,1-4,8-9H2. The molecule has 1 aromatic carbocycles. The van der Waals surface area contributed by atoms with Crippen LogP contribution in [0.25, 0.3) is 0 Å². The highest BCUT2D eigenvalue weighted by Gasteiger charge is 2.40. The van der Waals surface area contributed by atoms with E-state index in [1.165, 1.54) is 12.1 Å². The van der Waals surface area contributed by atoms with Crippen molar-refractivity contribution in [1.29, 1.82) is 5.26 Å². The third-order valence-corrected chi connectivity index (χ3v) is 4.02. The molecular weight excluding hydrogens is 248 g/mol. The molecule has 1 atom stereocenters. The molecule has 0 aliphatic heterocycles. The van der Waals surface area contributed by atoms with Gasteiger partial charge in [0.15, 0.2) is 11.6 Å². The average Bonchev–Trinajstić information content (AvgIpc) is 2.67. The van der Waals surface area contributed by atoms with Crippen molar-refractivity contribution in [1.82, 2.24) is 0 Å². The minimum Gasteiger partial charge on any atom is -0.387 e. The number of aliphatic hydroxyl groups excluding tert-OH is 1. The summed E-state index contributed by atoms with van der Waals surface area (Å²) < 4.78 is 27.0. The minimum absolute atomic E-state index is 0.108. The number of halogens is 2. The lowest BCUT2D eigenvalue weighted by Crippen LogP contribution is -2.28. The summed E-state index contributed by atoms with van der Waals surface area (Å²) in [6, 6.07) is 5.89. The lowest BCUT2D eigenvalue weighted by atomic mass is 9.74. The van der Waals surface area contributed by atoms with Gasteiger partial charge in [-0.3, -0.25) is 0 Å². The van der Waals surface area contributed by atoms with Crippen molar-refractivity contribution in [3.8, 4) is 6.07 Å². The summed E-state index contributed by atoms with van der Waals surface area (Å²) in [5.41, 5.74) is -1.10. The number of benzene rings is 1. The predicted molar refractivity (Wildman–Crippen MR) is 67.1 cm³/mol. The van der Waals surface area contributed by atoms with Crippen LogP contribution >= 0.6 is 0 Å². The van der Waals surface area contributed by atoms with Gasteiger partial charge in [-0.05, 0) is 18.9 Å². The van der Waals surface area contributed by atoms with Gasteiger partial charge in [-0.25, -0.2) is 8.78 Å². The molecule has 4 heteroatoms. The second-order valence-corrected chi connectivity index (χ2v) is 5.23. The number of hydrogen-bond donors (Lipinski definition) is 1. The Hall–Kier alpha value is -1.47. The molecule has 1 N–H and O–H groups in total. The molecule has 2 rings (SSSR count). The van der Waals surface area contributed by atoms with Gasteiger partial charge in [0.25, 0.3) is 0 Å². The van der Waals surface area contributed by atoms with E-state index >= 15 is 0 Å². The van der Waals surface area contributed by atoms with Crippen LogP contribution in [0, 0.1) is 28.4 Å². The van der Waals surface area contributed by atoms with E-state index in [2.05, 4.69) is 6.07 Å². The van der Waals surface area contributed by atoms with Crippen LogP contribution in [0.2, 0.25) is 0 Å². The molecule has 1 aliphatic rings. The topological polar surface area (TPSA) is 44.0 Å². The van der Waals surface area contributed by atoms with Crippen LogP contribution in [0.1, 0.15) is 50.2 Å². The zero-order valence-corrected chi connectivity index (χ0v) is 10.7. The maximum absolute atomic E-state index is 13.8. The van der Waals surface area contributed by atoms with E-state index in [1.54, 1.807) is 0 Å². The molecule has 1 aromatic rings. The molecule has 0 saturated heterocycles. The Morgan fingerprint density at radius 1 is 1.16 bits per heavy atom. The van der Waals surface area contributed by atoms with E-state index in [-0.39, 0.29) is 5.56 Å². The second-order valence-electron chi connectivity index (χ2n) is 5.23. The van der Waals surface area contributed by atoms with E-state index in [0.29, 0.717) is 12.8 Å². The molecule has 0 spiro atoms. The van der Waals surface area contributed by atoms with Gasteiger partial charge in [-0.2, -0.15) is 5.26 Å². The molecule has 0 heterocycles. The predicted octanol–water partition coefficient (Wildman–Crippen LogP) is 3.86. The summed E-state index contributed by atoms with van der Waals surface area (Å²) in [7, 11) is 0. The third kappa shape index (κ3) is 2.62. The van der Waals surface area contributed by atoms with Gasteiger partial charge in [0.2, 0.25) is 0 Å². The van der Waals surface area contributed by atoms with Crippen molar-refractivity contribution < 1.29 is 13.9 Å². The SMILES string of the molecule is N#CC1(C(O)c2cccc(F)c2F)CCCCCC1. The molecule has 1 unspecified atom stereocenters. The molecular formula is C15H17F2NO. The van der Waals surface area contributed by atoms with Gasteiger partial charge in [0.1, 0.15) is 6.10 Å². The second kappa shape index (κ2) is 5.66. The highest BCUT2D eigenvalue weighted by molar-refractivity contribution is 5.25. The van der Waals surface area contributed by atoms with Gasteiger partial charge in [-0.15, -0.1) is 0 Å². The van der Waals surface area contributed by atoms with Crippen LogP contribution < -0.4 is 0 Å². The zero-order chi connectivity index (χ0) is 13.9. The number of nitrogens with zero attached hydrogens (tertiary/aromatic N) is 1. The molecule has 0 aromatic heterocycles. The van der Waals surface area contributed by atoms with Gasteiger partial charge in [0, 0.05) is 5.56 Å². The van der Waals surface area contributed by atoms with Crippen LogP contribution in [-0.4, -0.2) is 5.11 Å². The monoisotopic (exact) mass is 265 g/mol. The van der Waals surface area contributed by atoms with Crippen molar-refractivity contribution in [2.75, 3.05) is 0 Å². The highest BCUT2D eigenvalue weighted by atomic mass is 19.2. The molecule has 0 radical (unpaired) electrons. The van der Waals surface area contributed by atoms with E-state index in [0.717, 1.165) is 31.7 Å². The quantitative estimate of drug-likeness (QED) is 0.825. The molecule has 0 amide bonds. The first-order valence-corrected chi connectivity index (χ1v) is 6.64. The van der Waals surface area contributed by atoms with Gasteiger partial charge < -0.3 is 5.11 Å². The number of hydrogen-bond acceptors (Lipinski definition) is 2. The normalized spacial score (nSPS) is 20.3. The van der Waals surface area contributed by atoms with Crippen LogP contribution in [0.15, 0.2) is 18.2 Å².